The van der Waals surface area contributed by atoms with Gasteiger partial charge in [0.1, 0.15) is 5.75 Å². The second kappa shape index (κ2) is 10.8. The van der Waals surface area contributed by atoms with Gasteiger partial charge in [0.05, 0.1) is 24.5 Å². The molecular formula is C24H31NO5S. The summed E-state index contributed by atoms with van der Waals surface area (Å²) in [6.45, 7) is 2.95. The van der Waals surface area contributed by atoms with Crippen molar-refractivity contribution in [1.29, 1.82) is 0 Å². The van der Waals surface area contributed by atoms with Crippen molar-refractivity contribution in [3.63, 3.8) is 0 Å². The lowest BCUT2D eigenvalue weighted by atomic mass is 9.82. The van der Waals surface area contributed by atoms with Gasteiger partial charge in [-0.1, -0.05) is 30.3 Å². The van der Waals surface area contributed by atoms with Gasteiger partial charge in [-0.25, -0.2) is 8.42 Å². The van der Waals surface area contributed by atoms with Crippen molar-refractivity contribution in [1.82, 2.24) is 4.31 Å². The Morgan fingerprint density at radius 1 is 1.00 bits per heavy atom. The first kappa shape index (κ1) is 23.3. The summed E-state index contributed by atoms with van der Waals surface area (Å²) in [7, 11) is -2.12. The molecule has 0 unspecified atom stereocenters. The largest absolute Gasteiger partial charge is 0.497 e. The minimum atomic E-state index is -3.68. The molecule has 168 valence electrons. The van der Waals surface area contributed by atoms with Gasteiger partial charge in [-0.2, -0.15) is 4.31 Å². The molecule has 31 heavy (non-hydrogen) atoms. The summed E-state index contributed by atoms with van der Waals surface area (Å²) in [5, 5.41) is 0. The highest BCUT2D eigenvalue weighted by molar-refractivity contribution is 7.89. The minimum absolute atomic E-state index is 0.0723. The molecule has 2 aromatic rings. The van der Waals surface area contributed by atoms with Crippen molar-refractivity contribution in [2.45, 2.75) is 44.0 Å². The molecule has 2 aromatic carbocycles. The van der Waals surface area contributed by atoms with Crippen LogP contribution in [-0.2, 0) is 26.1 Å². The summed E-state index contributed by atoms with van der Waals surface area (Å²) in [6.07, 6.45) is 3.11. The maximum Gasteiger partial charge on any atom is 0.308 e. The van der Waals surface area contributed by atoms with E-state index >= 15 is 0 Å². The number of sulfonamides is 1. The maximum absolute atomic E-state index is 13.5. The van der Waals surface area contributed by atoms with Gasteiger partial charge in [-0.05, 0) is 68.4 Å². The molecule has 0 bridgehead atoms. The van der Waals surface area contributed by atoms with Gasteiger partial charge in [0.15, 0.2) is 0 Å². The second-order valence-corrected chi connectivity index (χ2v) is 9.87. The van der Waals surface area contributed by atoms with Crippen LogP contribution in [0.25, 0.3) is 0 Å². The first-order chi connectivity index (χ1) is 14.9. The van der Waals surface area contributed by atoms with E-state index in [-0.39, 0.29) is 22.7 Å². The van der Waals surface area contributed by atoms with E-state index in [0.29, 0.717) is 25.4 Å². The summed E-state index contributed by atoms with van der Waals surface area (Å²) < 4.78 is 38.8. The lowest BCUT2D eigenvalue weighted by Crippen LogP contribution is -2.37. The first-order valence-corrected chi connectivity index (χ1v) is 12.2. The molecule has 0 heterocycles. The number of hydrogen-bond acceptors (Lipinski definition) is 5. The number of hydrogen-bond donors (Lipinski definition) is 0. The van der Waals surface area contributed by atoms with Gasteiger partial charge in [-0.3, -0.25) is 4.79 Å². The zero-order chi connectivity index (χ0) is 22.3. The van der Waals surface area contributed by atoms with Crippen molar-refractivity contribution >= 4 is 16.0 Å². The normalized spacial score (nSPS) is 19.2. The summed E-state index contributed by atoms with van der Waals surface area (Å²) in [4.78, 5) is 12.3. The van der Waals surface area contributed by atoms with E-state index in [1.165, 1.54) is 0 Å². The number of nitrogens with zero attached hydrogens (tertiary/aromatic N) is 1. The second-order valence-electron chi connectivity index (χ2n) is 7.93. The lowest BCUT2D eigenvalue weighted by Gasteiger charge is -2.31. The number of benzene rings is 2. The van der Waals surface area contributed by atoms with Gasteiger partial charge in [0.25, 0.3) is 0 Å². The number of rotatable bonds is 9. The van der Waals surface area contributed by atoms with Crippen LogP contribution in [0.2, 0.25) is 0 Å². The summed E-state index contributed by atoms with van der Waals surface area (Å²) in [5.41, 5.74) is 0.944. The number of carbonyl (C=O) groups excluding carboxylic acids is 1. The first-order valence-electron chi connectivity index (χ1n) is 10.8. The third-order valence-corrected chi connectivity index (χ3v) is 7.65. The Hall–Kier alpha value is -2.38. The van der Waals surface area contributed by atoms with E-state index in [9.17, 15) is 13.2 Å². The van der Waals surface area contributed by atoms with Crippen molar-refractivity contribution in [2.75, 3.05) is 20.3 Å². The molecule has 0 spiro atoms. The topological polar surface area (TPSA) is 72.9 Å². The van der Waals surface area contributed by atoms with Crippen molar-refractivity contribution in [3.05, 3.63) is 60.2 Å². The van der Waals surface area contributed by atoms with Crippen LogP contribution in [0.1, 0.15) is 38.2 Å². The molecule has 1 saturated carbocycles. The molecule has 3 rings (SSSR count). The zero-order valence-corrected chi connectivity index (χ0v) is 19.0. The van der Waals surface area contributed by atoms with Crippen LogP contribution >= 0.6 is 0 Å². The summed E-state index contributed by atoms with van der Waals surface area (Å²) in [5.74, 6) is 0.623. The molecule has 1 fully saturated rings. The van der Waals surface area contributed by atoms with Crippen LogP contribution in [-0.4, -0.2) is 39.0 Å². The standard InChI is InChI=1S/C24H31NO5S/c1-3-30-24(26)21-11-9-20(10-12-21)18-25(17-19-7-5-4-6-8-19)31(27,28)23-15-13-22(29-2)14-16-23/h4-8,13-16,20-21H,3,9-12,17-18H2,1-2H3. The Balaban J connectivity index is 1.76. The quantitative estimate of drug-likeness (QED) is 0.540. The predicted octanol–water partition coefficient (Wildman–Crippen LogP) is 4.26. The molecule has 1 aliphatic carbocycles. The van der Waals surface area contributed by atoms with Gasteiger partial charge in [0.2, 0.25) is 10.0 Å². The van der Waals surface area contributed by atoms with E-state index < -0.39 is 10.0 Å². The number of carbonyl (C=O) groups is 1. The van der Waals surface area contributed by atoms with Gasteiger partial charge in [-0.15, -0.1) is 0 Å². The van der Waals surface area contributed by atoms with Gasteiger partial charge < -0.3 is 9.47 Å². The molecule has 0 aromatic heterocycles. The summed E-state index contributed by atoms with van der Waals surface area (Å²) >= 11 is 0. The average molecular weight is 446 g/mol. The van der Waals surface area contributed by atoms with Crippen molar-refractivity contribution in [3.8, 4) is 5.75 Å². The molecule has 0 aliphatic heterocycles. The fraction of sp³-hybridized carbons (Fsp3) is 0.458. The Kier molecular flexibility index (Phi) is 8.09. The fourth-order valence-corrected chi connectivity index (χ4v) is 5.56. The molecule has 6 nitrogen and oxygen atoms in total. The molecule has 1 aliphatic rings. The van der Waals surface area contributed by atoms with Crippen molar-refractivity contribution in [2.24, 2.45) is 11.8 Å². The molecular weight excluding hydrogens is 414 g/mol. The van der Waals surface area contributed by atoms with E-state index in [1.54, 1.807) is 35.7 Å². The van der Waals surface area contributed by atoms with E-state index in [2.05, 4.69) is 0 Å². The Morgan fingerprint density at radius 3 is 2.23 bits per heavy atom. The van der Waals surface area contributed by atoms with Crippen LogP contribution in [0.3, 0.4) is 0 Å². The Morgan fingerprint density at radius 2 is 1.65 bits per heavy atom. The molecule has 0 atom stereocenters. The molecule has 0 saturated heterocycles. The molecule has 7 heteroatoms. The van der Waals surface area contributed by atoms with Crippen LogP contribution in [0, 0.1) is 11.8 Å². The van der Waals surface area contributed by atoms with Gasteiger partial charge in [0, 0.05) is 13.1 Å². The molecule has 0 radical (unpaired) electrons. The van der Waals surface area contributed by atoms with E-state index in [1.807, 2.05) is 37.3 Å². The van der Waals surface area contributed by atoms with E-state index in [0.717, 1.165) is 31.2 Å². The molecule has 0 amide bonds. The highest BCUT2D eigenvalue weighted by atomic mass is 32.2. The average Bonchev–Trinajstić information content (AvgIpc) is 2.80. The van der Waals surface area contributed by atoms with Gasteiger partial charge >= 0.3 is 5.97 Å². The maximum atomic E-state index is 13.5. The highest BCUT2D eigenvalue weighted by Gasteiger charge is 2.32. The predicted molar refractivity (Wildman–Crippen MR) is 119 cm³/mol. The summed E-state index contributed by atoms with van der Waals surface area (Å²) in [6, 6.07) is 16.1. The molecule has 0 N–H and O–H groups in total. The Labute approximate surface area is 185 Å². The van der Waals surface area contributed by atoms with Crippen LogP contribution < -0.4 is 4.74 Å². The van der Waals surface area contributed by atoms with Crippen LogP contribution in [0.15, 0.2) is 59.5 Å². The Bertz CT molecular complexity index is 936. The SMILES string of the molecule is CCOC(=O)C1CCC(CN(Cc2ccccc2)S(=O)(=O)c2ccc(OC)cc2)CC1. The zero-order valence-electron chi connectivity index (χ0n) is 18.2. The highest BCUT2D eigenvalue weighted by Crippen LogP contribution is 2.32. The number of esters is 1. The smallest absolute Gasteiger partial charge is 0.308 e. The number of ether oxygens (including phenoxy) is 2. The van der Waals surface area contributed by atoms with Crippen molar-refractivity contribution < 1.29 is 22.7 Å². The van der Waals surface area contributed by atoms with Crippen LogP contribution in [0.5, 0.6) is 5.75 Å². The minimum Gasteiger partial charge on any atom is -0.497 e. The van der Waals surface area contributed by atoms with E-state index in [4.69, 9.17) is 9.47 Å². The number of methoxy groups -OCH3 is 1. The third-order valence-electron chi connectivity index (χ3n) is 5.83. The third kappa shape index (κ3) is 6.08. The van der Waals surface area contributed by atoms with Crippen LogP contribution in [0.4, 0.5) is 0 Å². The monoisotopic (exact) mass is 445 g/mol. The fourth-order valence-electron chi connectivity index (χ4n) is 4.06. The lowest BCUT2D eigenvalue weighted by molar-refractivity contribution is -0.149.